The Bertz CT molecular complexity index is 965. The summed E-state index contributed by atoms with van der Waals surface area (Å²) in [5.41, 5.74) is 7.83. The summed E-state index contributed by atoms with van der Waals surface area (Å²) in [6, 6.07) is 11.3. The molecule has 1 atom stereocenters. The average Bonchev–Trinajstić information content (AvgIpc) is 2.96. The van der Waals surface area contributed by atoms with Crippen LogP contribution in [0.3, 0.4) is 0 Å². The zero-order valence-corrected chi connectivity index (χ0v) is 15.0. The van der Waals surface area contributed by atoms with Crippen molar-refractivity contribution in [2.45, 2.75) is 19.4 Å². The van der Waals surface area contributed by atoms with Crippen LogP contribution in [0.4, 0.5) is 4.79 Å². The first-order chi connectivity index (χ1) is 13.3. The van der Waals surface area contributed by atoms with Crippen molar-refractivity contribution in [1.82, 2.24) is 5.32 Å². The lowest BCUT2D eigenvalue weighted by Gasteiger charge is -2.11. The van der Waals surface area contributed by atoms with Gasteiger partial charge in [0.1, 0.15) is 17.5 Å². The number of amides is 2. The maximum Gasteiger partial charge on any atom is 0.419 e. The molecule has 4 N–H and O–H groups in total. The standard InChI is InChI=1S/C20H18N2O6/c1-11-8-13(10-17-18(23)22-20(26)28-17)4-7-16(11)27-14-5-2-12(3-6-14)9-15(21)19(24)25/h2-8,10,15H,9,21H2,1H3,(H,24,25)(H,22,23,26)/b17-10+. The lowest BCUT2D eigenvalue weighted by molar-refractivity contribution is -0.138. The Morgan fingerprint density at radius 2 is 1.96 bits per heavy atom. The normalized spacial score (nSPS) is 15.9. The summed E-state index contributed by atoms with van der Waals surface area (Å²) in [5, 5.41) is 10.9. The highest BCUT2D eigenvalue weighted by Gasteiger charge is 2.25. The highest BCUT2D eigenvalue weighted by Crippen LogP contribution is 2.27. The number of aliphatic carboxylic acids is 1. The molecule has 1 fully saturated rings. The monoisotopic (exact) mass is 382 g/mol. The van der Waals surface area contributed by atoms with Gasteiger partial charge in [0.05, 0.1) is 0 Å². The predicted octanol–water partition coefficient (Wildman–Crippen LogP) is 2.35. The smallest absolute Gasteiger partial charge is 0.419 e. The van der Waals surface area contributed by atoms with E-state index in [9.17, 15) is 14.4 Å². The van der Waals surface area contributed by atoms with E-state index < -0.39 is 24.0 Å². The largest absolute Gasteiger partial charge is 0.480 e. The minimum absolute atomic E-state index is 0.0618. The number of carbonyl (C=O) groups excluding carboxylic acids is 2. The van der Waals surface area contributed by atoms with Crippen LogP contribution in [-0.2, 0) is 20.7 Å². The zero-order chi connectivity index (χ0) is 20.3. The van der Waals surface area contributed by atoms with Crippen LogP contribution in [0.1, 0.15) is 16.7 Å². The fourth-order valence-electron chi connectivity index (χ4n) is 2.61. The first-order valence-electron chi connectivity index (χ1n) is 8.42. The predicted molar refractivity (Wildman–Crippen MR) is 99.6 cm³/mol. The third-order valence-corrected chi connectivity index (χ3v) is 4.06. The van der Waals surface area contributed by atoms with Gasteiger partial charge in [0, 0.05) is 0 Å². The summed E-state index contributed by atoms with van der Waals surface area (Å²) in [7, 11) is 0. The fourth-order valence-corrected chi connectivity index (χ4v) is 2.61. The van der Waals surface area contributed by atoms with Crippen LogP contribution in [0.15, 0.2) is 48.2 Å². The lowest BCUT2D eigenvalue weighted by atomic mass is 10.1. The molecule has 1 heterocycles. The molecule has 2 amide bonds. The summed E-state index contributed by atoms with van der Waals surface area (Å²) in [4.78, 5) is 33.4. The molecule has 8 heteroatoms. The van der Waals surface area contributed by atoms with Crippen molar-refractivity contribution in [3.8, 4) is 11.5 Å². The van der Waals surface area contributed by atoms with Crippen LogP contribution in [0, 0.1) is 6.92 Å². The van der Waals surface area contributed by atoms with Crippen LogP contribution < -0.4 is 15.8 Å². The molecule has 1 aliphatic heterocycles. The number of carboxylic acids is 1. The van der Waals surface area contributed by atoms with E-state index in [2.05, 4.69) is 0 Å². The van der Waals surface area contributed by atoms with Crippen LogP contribution in [0.2, 0.25) is 0 Å². The van der Waals surface area contributed by atoms with Gasteiger partial charge in [-0.3, -0.25) is 14.9 Å². The SMILES string of the molecule is Cc1cc(/C=C2/OC(=O)NC2=O)ccc1Oc1ccc(CC(N)C(=O)O)cc1. The first kappa shape index (κ1) is 19.1. The van der Waals surface area contributed by atoms with E-state index in [0.717, 1.165) is 11.1 Å². The van der Waals surface area contributed by atoms with E-state index in [-0.39, 0.29) is 12.2 Å². The van der Waals surface area contributed by atoms with E-state index in [1.807, 2.05) is 12.2 Å². The number of hydrogen-bond donors (Lipinski definition) is 3. The van der Waals surface area contributed by atoms with Gasteiger partial charge in [0.15, 0.2) is 5.76 Å². The number of alkyl carbamates (subject to hydrolysis) is 1. The Labute approximate surface area is 160 Å². The lowest BCUT2D eigenvalue weighted by Crippen LogP contribution is -2.32. The van der Waals surface area contributed by atoms with Gasteiger partial charge in [0.2, 0.25) is 0 Å². The Morgan fingerprint density at radius 3 is 2.54 bits per heavy atom. The maximum absolute atomic E-state index is 11.5. The molecule has 28 heavy (non-hydrogen) atoms. The highest BCUT2D eigenvalue weighted by atomic mass is 16.6. The van der Waals surface area contributed by atoms with E-state index in [4.69, 9.17) is 20.3 Å². The molecule has 1 aliphatic rings. The number of benzene rings is 2. The molecular formula is C20H18N2O6. The maximum atomic E-state index is 11.5. The Morgan fingerprint density at radius 1 is 1.25 bits per heavy atom. The van der Waals surface area contributed by atoms with E-state index in [1.165, 1.54) is 6.08 Å². The summed E-state index contributed by atoms with van der Waals surface area (Å²) in [6.45, 7) is 1.85. The Kier molecular flexibility index (Phi) is 5.42. The summed E-state index contributed by atoms with van der Waals surface area (Å²) in [6.07, 6.45) is 0.911. The molecule has 0 aliphatic carbocycles. The second kappa shape index (κ2) is 7.93. The molecular weight excluding hydrogens is 364 g/mol. The molecule has 3 rings (SSSR count). The Hall–Kier alpha value is -3.65. The third kappa shape index (κ3) is 4.54. The molecule has 0 saturated carbocycles. The molecule has 8 nitrogen and oxygen atoms in total. The number of aryl methyl sites for hydroxylation is 1. The van der Waals surface area contributed by atoms with Crippen molar-refractivity contribution in [1.29, 1.82) is 0 Å². The van der Waals surface area contributed by atoms with E-state index in [0.29, 0.717) is 17.1 Å². The first-order valence-corrected chi connectivity index (χ1v) is 8.42. The number of nitrogens with two attached hydrogens (primary N) is 1. The number of cyclic esters (lactones) is 1. The molecule has 1 unspecified atom stereocenters. The quantitative estimate of drug-likeness (QED) is 0.654. The third-order valence-electron chi connectivity index (χ3n) is 4.06. The molecule has 0 bridgehead atoms. The van der Waals surface area contributed by atoms with Gasteiger partial charge in [-0.15, -0.1) is 0 Å². The van der Waals surface area contributed by atoms with Crippen LogP contribution in [-0.4, -0.2) is 29.1 Å². The van der Waals surface area contributed by atoms with Gasteiger partial charge in [-0.2, -0.15) is 0 Å². The van der Waals surface area contributed by atoms with E-state index >= 15 is 0 Å². The van der Waals surface area contributed by atoms with Gasteiger partial charge in [-0.1, -0.05) is 18.2 Å². The second-order valence-corrected chi connectivity index (χ2v) is 6.27. The summed E-state index contributed by atoms with van der Waals surface area (Å²) in [5.74, 6) is -0.481. The summed E-state index contributed by atoms with van der Waals surface area (Å²) >= 11 is 0. The van der Waals surface area contributed by atoms with Gasteiger partial charge < -0.3 is 20.3 Å². The number of ether oxygens (including phenoxy) is 2. The van der Waals surface area contributed by atoms with Gasteiger partial charge >= 0.3 is 12.1 Å². The van der Waals surface area contributed by atoms with Crippen molar-refractivity contribution < 1.29 is 29.0 Å². The van der Waals surface area contributed by atoms with Crippen LogP contribution in [0.5, 0.6) is 11.5 Å². The number of carbonyl (C=O) groups is 3. The number of nitrogens with one attached hydrogen (secondary N) is 1. The molecule has 0 radical (unpaired) electrons. The molecule has 0 aromatic heterocycles. The average molecular weight is 382 g/mol. The van der Waals surface area contributed by atoms with E-state index in [1.54, 1.807) is 42.5 Å². The van der Waals surface area contributed by atoms with Crippen LogP contribution >= 0.6 is 0 Å². The summed E-state index contributed by atoms with van der Waals surface area (Å²) < 4.78 is 10.6. The number of carboxylic acid groups (broad SMARTS) is 1. The highest BCUT2D eigenvalue weighted by molar-refractivity contribution is 6.09. The molecule has 1 saturated heterocycles. The van der Waals surface area contributed by atoms with Crippen LogP contribution in [0.25, 0.3) is 6.08 Å². The topological polar surface area (TPSA) is 128 Å². The second-order valence-electron chi connectivity index (χ2n) is 6.27. The van der Waals surface area contributed by atoms with Crippen molar-refractivity contribution in [3.05, 3.63) is 64.9 Å². The number of imide groups is 1. The molecule has 144 valence electrons. The fraction of sp³-hybridized carbons (Fsp3) is 0.150. The van der Waals surface area contributed by atoms with Crippen molar-refractivity contribution in [2.75, 3.05) is 0 Å². The van der Waals surface area contributed by atoms with Crippen molar-refractivity contribution >= 4 is 24.0 Å². The minimum Gasteiger partial charge on any atom is -0.480 e. The Balaban J connectivity index is 1.70. The minimum atomic E-state index is -1.05. The molecule has 2 aromatic rings. The van der Waals surface area contributed by atoms with Gasteiger partial charge in [-0.25, -0.2) is 4.79 Å². The number of rotatable bonds is 6. The van der Waals surface area contributed by atoms with Crippen molar-refractivity contribution in [2.24, 2.45) is 5.73 Å². The van der Waals surface area contributed by atoms with Gasteiger partial charge in [-0.05, 0) is 60.4 Å². The zero-order valence-electron chi connectivity index (χ0n) is 15.0. The molecule has 2 aromatic carbocycles. The molecule has 0 spiro atoms. The number of hydrogen-bond acceptors (Lipinski definition) is 6. The van der Waals surface area contributed by atoms with Crippen molar-refractivity contribution in [3.63, 3.8) is 0 Å². The van der Waals surface area contributed by atoms with Gasteiger partial charge in [0.25, 0.3) is 5.91 Å².